The molecular weight excluding hydrogens is 248 g/mol. The molecule has 18 heavy (non-hydrogen) atoms. The van der Waals surface area contributed by atoms with E-state index in [0.717, 1.165) is 12.8 Å². The average molecular weight is 274 g/mol. The summed E-state index contributed by atoms with van der Waals surface area (Å²) in [7, 11) is -3.13. The summed E-state index contributed by atoms with van der Waals surface area (Å²) in [5.74, 6) is 0. The molecular formula is C13H26N2O2S. The van der Waals surface area contributed by atoms with Crippen LogP contribution >= 0.6 is 0 Å². The van der Waals surface area contributed by atoms with Crippen molar-refractivity contribution in [3.63, 3.8) is 0 Å². The summed E-state index contributed by atoms with van der Waals surface area (Å²) in [6.07, 6.45) is 4.50. The van der Waals surface area contributed by atoms with E-state index in [0.29, 0.717) is 25.7 Å². The number of nitrogens with one attached hydrogen (secondary N) is 1. The Hall–Kier alpha value is -0.130. The smallest absolute Gasteiger partial charge is 0.217 e. The van der Waals surface area contributed by atoms with Crippen LogP contribution in [0, 0.1) is 5.41 Å². The lowest BCUT2D eigenvalue weighted by atomic mass is 9.85. The maximum atomic E-state index is 12.5. The Labute approximate surface area is 111 Å². The third-order valence-electron chi connectivity index (χ3n) is 4.01. The predicted molar refractivity (Wildman–Crippen MR) is 74.0 cm³/mol. The van der Waals surface area contributed by atoms with Gasteiger partial charge in [0.05, 0.1) is 5.25 Å². The van der Waals surface area contributed by atoms with Gasteiger partial charge in [-0.3, -0.25) is 0 Å². The van der Waals surface area contributed by atoms with Crippen molar-refractivity contribution in [3.8, 4) is 0 Å². The lowest BCUT2D eigenvalue weighted by Crippen LogP contribution is -2.48. The van der Waals surface area contributed by atoms with Gasteiger partial charge in [-0.25, -0.2) is 12.7 Å². The minimum Gasteiger partial charge on any atom is -0.313 e. The Bertz CT molecular complexity index is 388. The quantitative estimate of drug-likeness (QED) is 0.828. The highest BCUT2D eigenvalue weighted by Gasteiger charge is 2.36. The highest BCUT2D eigenvalue weighted by atomic mass is 32.2. The summed E-state index contributed by atoms with van der Waals surface area (Å²) in [4.78, 5) is 0. The molecule has 0 spiro atoms. The van der Waals surface area contributed by atoms with Crippen molar-refractivity contribution < 1.29 is 8.42 Å². The summed E-state index contributed by atoms with van der Waals surface area (Å²) in [5, 5.41) is 3.00. The molecule has 1 heterocycles. The normalized spacial score (nSPS) is 27.1. The Morgan fingerprint density at radius 3 is 2.61 bits per heavy atom. The third-order valence-corrected chi connectivity index (χ3v) is 6.22. The molecule has 0 amide bonds. The lowest BCUT2D eigenvalue weighted by molar-refractivity contribution is 0.186. The Morgan fingerprint density at radius 2 is 2.06 bits per heavy atom. The summed E-state index contributed by atoms with van der Waals surface area (Å²) in [6.45, 7) is 8.09. The minimum atomic E-state index is -3.13. The number of hydrogen-bond donors (Lipinski definition) is 1. The molecule has 0 aromatic rings. The molecule has 1 atom stereocenters. The van der Waals surface area contributed by atoms with Crippen molar-refractivity contribution in [2.45, 2.75) is 57.7 Å². The SMILES string of the molecule is CC(CNC1CC1)S(=O)(=O)N1CCCC(C)(C)C1. The van der Waals surface area contributed by atoms with Crippen LogP contribution in [-0.2, 0) is 10.0 Å². The summed E-state index contributed by atoms with van der Waals surface area (Å²) < 4.78 is 26.7. The van der Waals surface area contributed by atoms with E-state index in [1.165, 1.54) is 12.8 Å². The molecule has 1 saturated heterocycles. The lowest BCUT2D eigenvalue weighted by Gasteiger charge is -2.38. The third kappa shape index (κ3) is 3.45. The average Bonchev–Trinajstić information content (AvgIpc) is 3.08. The monoisotopic (exact) mass is 274 g/mol. The number of sulfonamides is 1. The molecule has 2 aliphatic rings. The molecule has 1 aliphatic heterocycles. The zero-order chi connectivity index (χ0) is 13.4. The molecule has 0 radical (unpaired) electrons. The van der Waals surface area contributed by atoms with Crippen LogP contribution in [0.1, 0.15) is 46.5 Å². The fraction of sp³-hybridized carbons (Fsp3) is 1.00. The molecule has 0 bridgehead atoms. The molecule has 1 unspecified atom stereocenters. The van der Waals surface area contributed by atoms with Gasteiger partial charge >= 0.3 is 0 Å². The number of rotatable bonds is 5. The molecule has 4 nitrogen and oxygen atoms in total. The van der Waals surface area contributed by atoms with Crippen LogP contribution in [-0.4, -0.2) is 43.6 Å². The van der Waals surface area contributed by atoms with Crippen LogP contribution in [0.5, 0.6) is 0 Å². The molecule has 2 rings (SSSR count). The van der Waals surface area contributed by atoms with Crippen LogP contribution in [0.2, 0.25) is 0 Å². The first kappa shape index (κ1) is 14.3. The van der Waals surface area contributed by atoms with E-state index in [1.807, 2.05) is 6.92 Å². The van der Waals surface area contributed by atoms with E-state index in [4.69, 9.17) is 0 Å². The second-order valence-electron chi connectivity index (χ2n) is 6.64. The zero-order valence-corrected chi connectivity index (χ0v) is 12.6. The second-order valence-corrected chi connectivity index (χ2v) is 8.99. The van der Waals surface area contributed by atoms with Crippen molar-refractivity contribution in [1.29, 1.82) is 0 Å². The molecule has 0 aromatic carbocycles. The van der Waals surface area contributed by atoms with Gasteiger partial charge in [0, 0.05) is 25.7 Å². The maximum Gasteiger partial charge on any atom is 0.217 e. The number of nitrogens with zero attached hydrogens (tertiary/aromatic N) is 1. The molecule has 1 saturated carbocycles. The van der Waals surface area contributed by atoms with E-state index in [-0.39, 0.29) is 10.7 Å². The second kappa shape index (κ2) is 5.10. The van der Waals surface area contributed by atoms with Crippen LogP contribution in [0.15, 0.2) is 0 Å². The highest BCUT2D eigenvalue weighted by molar-refractivity contribution is 7.89. The fourth-order valence-electron chi connectivity index (χ4n) is 2.57. The molecule has 5 heteroatoms. The first-order valence-electron chi connectivity index (χ1n) is 7.04. The van der Waals surface area contributed by atoms with Crippen LogP contribution < -0.4 is 5.32 Å². The van der Waals surface area contributed by atoms with Crippen LogP contribution in [0.4, 0.5) is 0 Å². The Balaban J connectivity index is 1.95. The number of hydrogen-bond acceptors (Lipinski definition) is 3. The molecule has 1 N–H and O–H groups in total. The van der Waals surface area contributed by atoms with Gasteiger partial charge < -0.3 is 5.32 Å². The van der Waals surface area contributed by atoms with Gasteiger partial charge in [-0.1, -0.05) is 13.8 Å². The van der Waals surface area contributed by atoms with Gasteiger partial charge in [-0.15, -0.1) is 0 Å². The van der Waals surface area contributed by atoms with Crippen LogP contribution in [0.25, 0.3) is 0 Å². The van der Waals surface area contributed by atoms with Gasteiger partial charge in [0.2, 0.25) is 10.0 Å². The van der Waals surface area contributed by atoms with Crippen molar-refractivity contribution in [2.24, 2.45) is 5.41 Å². The van der Waals surface area contributed by atoms with Gasteiger partial charge in [0.15, 0.2) is 0 Å². The van der Waals surface area contributed by atoms with Crippen LogP contribution in [0.3, 0.4) is 0 Å². The van der Waals surface area contributed by atoms with Crippen molar-refractivity contribution in [2.75, 3.05) is 19.6 Å². The zero-order valence-electron chi connectivity index (χ0n) is 11.8. The number of piperidine rings is 1. The molecule has 1 aliphatic carbocycles. The summed E-state index contributed by atoms with van der Waals surface area (Å²) in [5.41, 5.74) is 0.120. The van der Waals surface area contributed by atoms with E-state index >= 15 is 0 Å². The van der Waals surface area contributed by atoms with Crippen molar-refractivity contribution in [3.05, 3.63) is 0 Å². The van der Waals surface area contributed by atoms with Gasteiger partial charge in [-0.2, -0.15) is 0 Å². The largest absolute Gasteiger partial charge is 0.313 e. The predicted octanol–water partition coefficient (Wildman–Crippen LogP) is 1.58. The van der Waals surface area contributed by atoms with Gasteiger partial charge in [0.1, 0.15) is 0 Å². The standard InChI is InChI=1S/C13H26N2O2S/c1-11(9-14-12-5-6-12)18(16,17)15-8-4-7-13(2,3)10-15/h11-12,14H,4-10H2,1-3H3. The molecule has 2 fully saturated rings. The Kier molecular flexibility index (Phi) is 4.04. The summed E-state index contributed by atoms with van der Waals surface area (Å²) in [6, 6.07) is 0.570. The Morgan fingerprint density at radius 1 is 1.39 bits per heavy atom. The van der Waals surface area contributed by atoms with E-state index in [2.05, 4.69) is 19.2 Å². The molecule has 106 valence electrons. The topological polar surface area (TPSA) is 49.4 Å². The fourth-order valence-corrected chi connectivity index (χ4v) is 4.30. The maximum absolute atomic E-state index is 12.5. The van der Waals surface area contributed by atoms with Gasteiger partial charge in [-0.05, 0) is 38.0 Å². The first-order valence-corrected chi connectivity index (χ1v) is 8.54. The van der Waals surface area contributed by atoms with Gasteiger partial charge in [0.25, 0.3) is 0 Å². The first-order chi connectivity index (χ1) is 8.31. The minimum absolute atomic E-state index is 0.120. The van der Waals surface area contributed by atoms with E-state index in [1.54, 1.807) is 4.31 Å². The van der Waals surface area contributed by atoms with E-state index < -0.39 is 10.0 Å². The van der Waals surface area contributed by atoms with Crippen molar-refractivity contribution in [1.82, 2.24) is 9.62 Å². The highest BCUT2D eigenvalue weighted by Crippen LogP contribution is 2.30. The van der Waals surface area contributed by atoms with Crippen molar-refractivity contribution >= 4 is 10.0 Å². The van der Waals surface area contributed by atoms with E-state index in [9.17, 15) is 8.42 Å². The molecule has 0 aromatic heterocycles. The summed E-state index contributed by atoms with van der Waals surface area (Å²) >= 11 is 0.